The van der Waals surface area contributed by atoms with Crippen LogP contribution in [0.15, 0.2) is 0 Å². The zero-order chi connectivity index (χ0) is 5.21. The third kappa shape index (κ3) is 4.68. The van der Waals surface area contributed by atoms with Gasteiger partial charge in [-0.3, -0.25) is 0 Å². The Morgan fingerprint density at radius 2 is 2.17 bits per heavy atom. The van der Waals surface area contributed by atoms with Gasteiger partial charge in [0.05, 0.1) is 0 Å². The molecule has 5 heteroatoms. The summed E-state index contributed by atoms with van der Waals surface area (Å²) in [5.41, 5.74) is 0. The number of hydrogen-bond acceptors (Lipinski definition) is 3. The summed E-state index contributed by atoms with van der Waals surface area (Å²) in [4.78, 5) is 0. The first kappa shape index (κ1) is 6.68. The van der Waals surface area contributed by atoms with E-state index in [1.807, 2.05) is 0 Å². The summed E-state index contributed by atoms with van der Waals surface area (Å²) in [5, 5.41) is 4.84. The molecule has 38 valence electrons. The zero-order valence-electron chi connectivity index (χ0n) is 3.21. The van der Waals surface area contributed by atoms with Crippen LogP contribution in [-0.4, -0.2) is 10.5 Å². The fraction of sp³-hybridized carbons (Fsp3) is 1.00. The van der Waals surface area contributed by atoms with Gasteiger partial charge in [0, 0.05) is 11.2 Å². The molecule has 0 bridgehead atoms. The third-order valence-electron chi connectivity index (χ3n) is 0.232. The zero-order valence-corrected chi connectivity index (χ0v) is 5.66. The van der Waals surface area contributed by atoms with Crippen LogP contribution in [-0.2, 0) is 18.9 Å². The Hall–Kier alpha value is 0.680. The monoisotopic (exact) mass is 143 g/mol. The Morgan fingerprint density at radius 3 is 2.17 bits per heavy atom. The molecule has 0 rings (SSSR count). The molecule has 0 aliphatic heterocycles. The molecule has 0 amide bonds. The maximum atomic E-state index is 10.1. The smallest absolute Gasteiger partial charge is 0.140 e. The van der Waals surface area contributed by atoms with Gasteiger partial charge in [-0.2, -0.15) is 0 Å². The van der Waals surface area contributed by atoms with E-state index in [4.69, 9.17) is 5.14 Å². The second-order valence-electron chi connectivity index (χ2n) is 0.659. The molecule has 1 unspecified atom stereocenters. The van der Waals surface area contributed by atoms with Crippen LogP contribution in [0.1, 0.15) is 0 Å². The molecule has 2 nitrogen and oxygen atoms in total. The lowest BCUT2D eigenvalue weighted by atomic mass is 12.0. The predicted octanol–water partition coefficient (Wildman–Crippen LogP) is -0.116. The largest absolute Gasteiger partial charge is 0.242 e. The third-order valence-corrected chi connectivity index (χ3v) is 3.32. The van der Waals surface area contributed by atoms with E-state index < -0.39 is 7.71 Å². The van der Waals surface area contributed by atoms with Crippen LogP contribution in [0.5, 0.6) is 0 Å². The van der Waals surface area contributed by atoms with Crippen molar-refractivity contribution in [3.05, 3.63) is 0 Å². The Labute approximate surface area is 45.7 Å². The lowest BCUT2D eigenvalue weighted by Gasteiger charge is -1.85. The fourth-order valence-electron chi connectivity index (χ4n) is 0. The minimum Gasteiger partial charge on any atom is -0.242 e. The van der Waals surface area contributed by atoms with Gasteiger partial charge in [-0.15, -0.1) is 0 Å². The molecule has 0 aromatic carbocycles. The number of hydrogen-bond donors (Lipinski definition) is 1. The van der Waals surface area contributed by atoms with Gasteiger partial charge in [0.1, 0.15) is 7.71 Å². The lowest BCUT2D eigenvalue weighted by Crippen LogP contribution is -2.02. The molecule has 0 aliphatic rings. The van der Waals surface area contributed by atoms with Gasteiger partial charge in [0.2, 0.25) is 0 Å². The van der Waals surface area contributed by atoms with Gasteiger partial charge in [-0.1, -0.05) is 0 Å². The molecule has 1 atom stereocenters. The van der Waals surface area contributed by atoms with Crippen molar-refractivity contribution in [2.45, 2.75) is 0 Å². The number of rotatable bonds is 1. The molecular formula is CH5NOS3. The summed E-state index contributed by atoms with van der Waals surface area (Å²) in [6, 6.07) is 0. The maximum Gasteiger partial charge on any atom is 0.140 e. The number of nitrogens with two attached hydrogens (primary N) is 1. The van der Waals surface area contributed by atoms with Crippen molar-refractivity contribution in [2.24, 2.45) is 5.14 Å². The highest BCUT2D eigenvalue weighted by Crippen LogP contribution is 1.97. The van der Waals surface area contributed by atoms with Crippen LogP contribution in [0.4, 0.5) is 0 Å². The molecule has 0 spiro atoms. The van der Waals surface area contributed by atoms with Gasteiger partial charge in [0.15, 0.2) is 0 Å². The van der Waals surface area contributed by atoms with E-state index in [0.29, 0.717) is 0 Å². The molecule has 0 aliphatic carbocycles. The van der Waals surface area contributed by atoms with Crippen molar-refractivity contribution in [2.75, 3.05) is 6.26 Å². The summed E-state index contributed by atoms with van der Waals surface area (Å²) in [7, 11) is -1.41. The highest BCUT2D eigenvalue weighted by atomic mass is 33.3. The first-order valence-electron chi connectivity index (χ1n) is 1.14. The van der Waals surface area contributed by atoms with E-state index in [-0.39, 0.29) is 0 Å². The van der Waals surface area contributed by atoms with E-state index in [1.165, 1.54) is 0 Å². The Balaban J connectivity index is 3.85. The molecule has 0 heterocycles. The molecular weight excluding hydrogens is 138 g/mol. The quantitative estimate of drug-likeness (QED) is 0.521. The first-order valence-corrected chi connectivity index (χ1v) is 5.43. The standard InChI is InChI=1S/CH5NOS3/c1-5-6(2,3)4/h1H3,(H2,2,3,4). The van der Waals surface area contributed by atoms with Crippen molar-refractivity contribution in [1.82, 2.24) is 0 Å². The predicted molar refractivity (Wildman–Crippen MR) is 33.2 cm³/mol. The van der Waals surface area contributed by atoms with Crippen molar-refractivity contribution in [3.63, 3.8) is 0 Å². The van der Waals surface area contributed by atoms with Crippen LogP contribution in [0.2, 0.25) is 0 Å². The van der Waals surface area contributed by atoms with Gasteiger partial charge in [-0.25, -0.2) is 9.35 Å². The average Bonchev–Trinajstić information content (AvgIpc) is 1.35. The van der Waals surface area contributed by atoms with E-state index in [2.05, 4.69) is 11.2 Å². The molecule has 0 radical (unpaired) electrons. The van der Waals surface area contributed by atoms with Crippen LogP contribution < -0.4 is 5.14 Å². The Bertz CT molecular complexity index is 113. The molecule has 2 N–H and O–H groups in total. The minimum absolute atomic E-state index is 1.00. The normalized spacial score (nSPS) is 19.7. The van der Waals surface area contributed by atoms with Gasteiger partial charge < -0.3 is 0 Å². The second kappa shape index (κ2) is 2.11. The van der Waals surface area contributed by atoms with Crippen LogP contribution >= 0.6 is 10.8 Å². The average molecular weight is 143 g/mol. The van der Waals surface area contributed by atoms with Crippen molar-refractivity contribution in [1.29, 1.82) is 0 Å². The minimum atomic E-state index is -2.41. The van der Waals surface area contributed by atoms with Crippen molar-refractivity contribution < 1.29 is 4.21 Å². The summed E-state index contributed by atoms with van der Waals surface area (Å²) in [6.45, 7) is 0. The Morgan fingerprint density at radius 1 is 2.00 bits per heavy atom. The highest BCUT2D eigenvalue weighted by molar-refractivity contribution is 8.84. The topological polar surface area (TPSA) is 43.1 Å². The molecule has 0 fully saturated rings. The highest BCUT2D eigenvalue weighted by Gasteiger charge is 1.86. The summed E-state index contributed by atoms with van der Waals surface area (Å²) in [6.07, 6.45) is 1.62. The summed E-state index contributed by atoms with van der Waals surface area (Å²) < 4.78 is 10.1. The Kier molecular flexibility index (Phi) is 2.35. The SMILES string of the molecule is CSS(N)(=O)=S. The van der Waals surface area contributed by atoms with E-state index in [0.717, 1.165) is 10.8 Å². The van der Waals surface area contributed by atoms with Crippen LogP contribution in [0.3, 0.4) is 0 Å². The first-order chi connectivity index (χ1) is 2.56. The maximum absolute atomic E-state index is 10.1. The summed E-state index contributed by atoms with van der Waals surface area (Å²) >= 11 is 4.25. The van der Waals surface area contributed by atoms with E-state index >= 15 is 0 Å². The second-order valence-corrected chi connectivity index (χ2v) is 6.58. The molecule has 6 heavy (non-hydrogen) atoms. The molecule has 0 aromatic rings. The molecule has 0 saturated heterocycles. The van der Waals surface area contributed by atoms with Crippen LogP contribution in [0, 0.1) is 0 Å². The van der Waals surface area contributed by atoms with Crippen molar-refractivity contribution >= 4 is 29.7 Å². The molecule has 0 aromatic heterocycles. The summed E-state index contributed by atoms with van der Waals surface area (Å²) in [5.74, 6) is 0. The molecule has 0 saturated carbocycles. The van der Waals surface area contributed by atoms with Gasteiger partial charge in [0.25, 0.3) is 0 Å². The van der Waals surface area contributed by atoms with E-state index in [9.17, 15) is 4.21 Å². The van der Waals surface area contributed by atoms with Crippen molar-refractivity contribution in [3.8, 4) is 0 Å². The van der Waals surface area contributed by atoms with Gasteiger partial charge >= 0.3 is 0 Å². The fourth-order valence-corrected chi connectivity index (χ4v) is 0. The van der Waals surface area contributed by atoms with Gasteiger partial charge in [-0.05, 0) is 17.0 Å². The van der Waals surface area contributed by atoms with E-state index in [1.54, 1.807) is 6.26 Å². The lowest BCUT2D eigenvalue weighted by molar-refractivity contribution is 0.691. The van der Waals surface area contributed by atoms with Crippen LogP contribution in [0.25, 0.3) is 0 Å².